The minimum atomic E-state index is -3.93. The summed E-state index contributed by atoms with van der Waals surface area (Å²) in [5.41, 5.74) is 0.0827. The Morgan fingerprint density at radius 1 is 1.40 bits per heavy atom. The van der Waals surface area contributed by atoms with Crippen molar-refractivity contribution in [2.24, 2.45) is 0 Å². The van der Waals surface area contributed by atoms with E-state index < -0.39 is 27.8 Å². The van der Waals surface area contributed by atoms with Crippen LogP contribution in [0, 0.1) is 17.1 Å². The smallest absolute Gasteiger partial charge is 0.244 e. The van der Waals surface area contributed by atoms with Crippen molar-refractivity contribution >= 4 is 21.7 Å². The summed E-state index contributed by atoms with van der Waals surface area (Å²) in [6, 6.07) is 5.37. The lowest BCUT2D eigenvalue weighted by Gasteiger charge is -2.23. The number of aromatic nitrogens is 2. The molecule has 1 atom stereocenters. The maximum absolute atomic E-state index is 13.0. The Hall–Kier alpha value is -2.77. The van der Waals surface area contributed by atoms with E-state index in [1.54, 1.807) is 0 Å². The highest BCUT2D eigenvalue weighted by molar-refractivity contribution is 7.89. The number of imidazole rings is 1. The molecule has 1 aliphatic rings. The maximum Gasteiger partial charge on any atom is 0.244 e. The van der Waals surface area contributed by atoms with Crippen molar-refractivity contribution in [2.45, 2.75) is 23.8 Å². The first-order chi connectivity index (χ1) is 11.9. The van der Waals surface area contributed by atoms with Crippen LogP contribution in [0.1, 0.15) is 18.5 Å². The van der Waals surface area contributed by atoms with E-state index >= 15 is 0 Å². The van der Waals surface area contributed by atoms with Crippen molar-refractivity contribution in [1.82, 2.24) is 14.3 Å². The second kappa shape index (κ2) is 6.62. The van der Waals surface area contributed by atoms with Gasteiger partial charge in [-0.25, -0.2) is 17.8 Å². The lowest BCUT2D eigenvalue weighted by molar-refractivity contribution is -0.119. The van der Waals surface area contributed by atoms with E-state index in [0.29, 0.717) is 12.8 Å². The molecule has 0 radical (unpaired) electrons. The van der Waals surface area contributed by atoms with Crippen LogP contribution in [-0.2, 0) is 14.8 Å². The number of hydrogen-bond acceptors (Lipinski definition) is 5. The van der Waals surface area contributed by atoms with Gasteiger partial charge in [-0.1, -0.05) is 0 Å². The number of nitrogens with zero attached hydrogens (tertiary/aromatic N) is 3. The SMILES string of the molecule is N#Cc1[nH]cnc1NC(=O)C1CCCN1S(=O)(=O)c1ccc(F)cc1. The highest BCUT2D eigenvalue weighted by atomic mass is 32.2. The fraction of sp³-hybridized carbons (Fsp3) is 0.267. The van der Waals surface area contributed by atoms with Crippen LogP contribution in [0.2, 0.25) is 0 Å². The van der Waals surface area contributed by atoms with Gasteiger partial charge in [0.15, 0.2) is 11.5 Å². The number of nitriles is 1. The van der Waals surface area contributed by atoms with Gasteiger partial charge in [0.1, 0.15) is 17.9 Å². The monoisotopic (exact) mass is 363 g/mol. The second-order valence-electron chi connectivity index (χ2n) is 5.45. The standard InChI is InChI=1S/C15H14FN5O3S/c16-10-3-5-11(6-4-10)25(23,24)21-7-1-2-13(21)15(22)20-14-12(8-17)18-9-19-14/h3-6,9,13H,1-2,7H2,(H,18,19)(H,20,22). The molecule has 1 amide bonds. The van der Waals surface area contributed by atoms with Crippen LogP contribution in [0.5, 0.6) is 0 Å². The molecular formula is C15H14FN5O3S. The zero-order chi connectivity index (χ0) is 18.0. The van der Waals surface area contributed by atoms with E-state index in [-0.39, 0.29) is 23.0 Å². The number of halogens is 1. The van der Waals surface area contributed by atoms with Gasteiger partial charge in [-0.15, -0.1) is 0 Å². The lowest BCUT2D eigenvalue weighted by Crippen LogP contribution is -2.43. The molecule has 1 aromatic heterocycles. The molecule has 8 nitrogen and oxygen atoms in total. The third kappa shape index (κ3) is 3.24. The normalized spacial score (nSPS) is 18.0. The Morgan fingerprint density at radius 3 is 2.80 bits per heavy atom. The highest BCUT2D eigenvalue weighted by Gasteiger charge is 2.39. The Bertz CT molecular complexity index is 933. The predicted octanol–water partition coefficient (Wildman–Crippen LogP) is 1.21. The summed E-state index contributed by atoms with van der Waals surface area (Å²) in [5, 5.41) is 11.4. The van der Waals surface area contributed by atoms with Gasteiger partial charge in [0.2, 0.25) is 15.9 Å². The van der Waals surface area contributed by atoms with Crippen molar-refractivity contribution in [3.05, 3.63) is 42.1 Å². The lowest BCUT2D eigenvalue weighted by atomic mass is 10.2. The van der Waals surface area contributed by atoms with Crippen LogP contribution in [0.15, 0.2) is 35.5 Å². The van der Waals surface area contributed by atoms with Crippen molar-refractivity contribution in [3.8, 4) is 6.07 Å². The van der Waals surface area contributed by atoms with Gasteiger partial charge in [0.25, 0.3) is 0 Å². The van der Waals surface area contributed by atoms with Gasteiger partial charge >= 0.3 is 0 Å². The third-order valence-corrected chi connectivity index (χ3v) is 5.84. The number of sulfonamides is 1. The third-order valence-electron chi connectivity index (χ3n) is 3.92. The molecule has 1 aromatic carbocycles. The van der Waals surface area contributed by atoms with Gasteiger partial charge in [-0.05, 0) is 37.1 Å². The van der Waals surface area contributed by atoms with Crippen LogP contribution in [-0.4, -0.2) is 41.2 Å². The molecule has 0 spiro atoms. The van der Waals surface area contributed by atoms with E-state index in [4.69, 9.17) is 5.26 Å². The number of benzene rings is 1. The van der Waals surface area contributed by atoms with Crippen LogP contribution in [0.25, 0.3) is 0 Å². The maximum atomic E-state index is 13.0. The average Bonchev–Trinajstić information content (AvgIpc) is 3.24. The van der Waals surface area contributed by atoms with Crippen molar-refractivity contribution in [1.29, 1.82) is 5.26 Å². The summed E-state index contributed by atoms with van der Waals surface area (Å²) in [4.78, 5) is 18.8. The molecule has 1 unspecified atom stereocenters. The topological polar surface area (TPSA) is 119 Å². The molecule has 25 heavy (non-hydrogen) atoms. The Balaban J connectivity index is 1.83. The van der Waals surface area contributed by atoms with E-state index in [2.05, 4.69) is 15.3 Å². The highest BCUT2D eigenvalue weighted by Crippen LogP contribution is 2.27. The summed E-state index contributed by atoms with van der Waals surface area (Å²) in [6.45, 7) is 0.184. The van der Waals surface area contributed by atoms with Crippen molar-refractivity contribution in [2.75, 3.05) is 11.9 Å². The van der Waals surface area contributed by atoms with Crippen molar-refractivity contribution < 1.29 is 17.6 Å². The molecule has 10 heteroatoms. The molecule has 0 saturated carbocycles. The van der Waals surface area contributed by atoms with E-state index in [0.717, 1.165) is 16.4 Å². The van der Waals surface area contributed by atoms with Gasteiger partial charge in [-0.3, -0.25) is 4.79 Å². The zero-order valence-corrected chi connectivity index (χ0v) is 13.8. The minimum absolute atomic E-state index is 0.0542. The fourth-order valence-corrected chi connectivity index (χ4v) is 4.36. The molecular weight excluding hydrogens is 349 g/mol. The second-order valence-corrected chi connectivity index (χ2v) is 7.35. The number of carbonyl (C=O) groups excluding carboxylic acids is 1. The van der Waals surface area contributed by atoms with Gasteiger partial charge in [0.05, 0.1) is 11.2 Å². The summed E-state index contributed by atoms with van der Waals surface area (Å²) >= 11 is 0. The van der Waals surface area contributed by atoms with Gasteiger partial charge in [-0.2, -0.15) is 9.57 Å². The first-order valence-electron chi connectivity index (χ1n) is 7.45. The largest absolute Gasteiger partial charge is 0.335 e. The number of rotatable bonds is 4. The van der Waals surface area contributed by atoms with Crippen LogP contribution >= 0.6 is 0 Å². The summed E-state index contributed by atoms with van der Waals surface area (Å²) in [6.07, 6.45) is 2.12. The number of amides is 1. The fourth-order valence-electron chi connectivity index (χ4n) is 2.71. The number of H-pyrrole nitrogens is 1. The summed E-state index contributed by atoms with van der Waals surface area (Å²) in [5.74, 6) is -1.05. The Kier molecular flexibility index (Phi) is 4.52. The number of aromatic amines is 1. The number of hydrogen-bond donors (Lipinski definition) is 2. The molecule has 1 aliphatic heterocycles. The molecule has 2 N–H and O–H groups in total. The average molecular weight is 363 g/mol. The minimum Gasteiger partial charge on any atom is -0.335 e. The summed E-state index contributed by atoms with van der Waals surface area (Å²) in [7, 11) is -3.93. The van der Waals surface area contributed by atoms with Crippen molar-refractivity contribution in [3.63, 3.8) is 0 Å². The first-order valence-corrected chi connectivity index (χ1v) is 8.89. The van der Waals surface area contributed by atoms with Gasteiger partial charge < -0.3 is 10.3 Å². The molecule has 2 aromatic rings. The van der Waals surface area contributed by atoms with E-state index in [1.165, 1.54) is 18.5 Å². The molecule has 0 bridgehead atoms. The van der Waals surface area contributed by atoms with Crippen LogP contribution in [0.3, 0.4) is 0 Å². The van der Waals surface area contributed by atoms with Crippen LogP contribution in [0.4, 0.5) is 10.2 Å². The predicted molar refractivity (Wildman–Crippen MR) is 85.2 cm³/mol. The number of anilines is 1. The molecule has 0 aliphatic carbocycles. The van der Waals surface area contributed by atoms with Crippen LogP contribution < -0.4 is 5.32 Å². The Morgan fingerprint density at radius 2 is 2.12 bits per heavy atom. The molecule has 1 fully saturated rings. The molecule has 3 rings (SSSR count). The summed E-state index contributed by atoms with van der Waals surface area (Å²) < 4.78 is 39.6. The number of carbonyl (C=O) groups is 1. The molecule has 1 saturated heterocycles. The van der Waals surface area contributed by atoms with E-state index in [9.17, 15) is 17.6 Å². The Labute approximate surface area is 143 Å². The zero-order valence-electron chi connectivity index (χ0n) is 12.9. The molecule has 130 valence electrons. The van der Waals surface area contributed by atoms with Gasteiger partial charge in [0, 0.05) is 6.54 Å². The quantitative estimate of drug-likeness (QED) is 0.846. The first kappa shape index (κ1) is 17.1. The van der Waals surface area contributed by atoms with E-state index in [1.807, 2.05) is 6.07 Å². The molecule has 2 heterocycles. The number of nitrogens with one attached hydrogen (secondary N) is 2.